The molecule has 0 spiro atoms. The van der Waals surface area contributed by atoms with E-state index in [2.05, 4.69) is 38.1 Å². The van der Waals surface area contributed by atoms with Crippen LogP contribution in [0.4, 0.5) is 0 Å². The van der Waals surface area contributed by atoms with Gasteiger partial charge < -0.3 is 5.32 Å². The van der Waals surface area contributed by atoms with Gasteiger partial charge in [-0.25, -0.2) is 0 Å². The molecule has 1 aromatic rings. The summed E-state index contributed by atoms with van der Waals surface area (Å²) in [4.78, 5) is 0. The molecule has 0 aromatic carbocycles. The number of halogens is 2. The van der Waals surface area contributed by atoms with E-state index in [4.69, 9.17) is 23.2 Å². The fourth-order valence-corrected chi connectivity index (χ4v) is 3.29. The van der Waals surface area contributed by atoms with Crippen LogP contribution in [-0.2, 0) is 19.5 Å². The summed E-state index contributed by atoms with van der Waals surface area (Å²) in [6.45, 7) is 10.2. The van der Waals surface area contributed by atoms with Gasteiger partial charge in [0.15, 0.2) is 0 Å². The lowest BCUT2D eigenvalue weighted by Gasteiger charge is -2.49. The van der Waals surface area contributed by atoms with E-state index in [9.17, 15) is 0 Å². The quantitative estimate of drug-likeness (QED) is 0.842. The van der Waals surface area contributed by atoms with E-state index in [1.54, 1.807) is 0 Å². The minimum atomic E-state index is 0.151. The van der Waals surface area contributed by atoms with Gasteiger partial charge in [-0.3, -0.25) is 4.68 Å². The number of rotatable bonds is 5. The van der Waals surface area contributed by atoms with Gasteiger partial charge in [0.25, 0.3) is 0 Å². The zero-order chi connectivity index (χ0) is 14.2. The van der Waals surface area contributed by atoms with Gasteiger partial charge in [0, 0.05) is 24.5 Å². The predicted octanol–water partition coefficient (Wildman–Crippen LogP) is 3.61. The second-order valence-corrected chi connectivity index (χ2v) is 6.74. The van der Waals surface area contributed by atoms with Gasteiger partial charge in [0.1, 0.15) is 0 Å². The second kappa shape index (κ2) is 5.63. The van der Waals surface area contributed by atoms with E-state index in [0.29, 0.717) is 6.04 Å². The summed E-state index contributed by atoms with van der Waals surface area (Å²) >= 11 is 12.7. The molecule has 1 N–H and O–H groups in total. The van der Waals surface area contributed by atoms with Crippen LogP contribution in [0.15, 0.2) is 0 Å². The number of nitrogens with zero attached hydrogens (tertiary/aromatic N) is 2. The molecule has 0 bridgehead atoms. The van der Waals surface area contributed by atoms with Crippen molar-refractivity contribution in [1.82, 2.24) is 15.1 Å². The summed E-state index contributed by atoms with van der Waals surface area (Å²) in [5.41, 5.74) is 2.23. The Labute approximate surface area is 125 Å². The van der Waals surface area contributed by atoms with Crippen molar-refractivity contribution in [2.24, 2.45) is 5.41 Å². The highest BCUT2D eigenvalue weighted by molar-refractivity contribution is 6.31. The fraction of sp³-hybridized carbons (Fsp3) is 0.786. The number of aromatic nitrogens is 2. The van der Waals surface area contributed by atoms with Crippen LogP contribution >= 0.6 is 23.2 Å². The van der Waals surface area contributed by atoms with E-state index in [1.807, 2.05) is 4.68 Å². The lowest BCUT2D eigenvalue weighted by molar-refractivity contribution is 0.115. The summed E-state index contributed by atoms with van der Waals surface area (Å²) in [6.07, 6.45) is 1.89. The van der Waals surface area contributed by atoms with Crippen molar-refractivity contribution in [2.45, 2.75) is 65.0 Å². The molecule has 1 fully saturated rings. The Balaban J connectivity index is 2.06. The van der Waals surface area contributed by atoms with Crippen LogP contribution in [-0.4, -0.2) is 21.2 Å². The van der Waals surface area contributed by atoms with Gasteiger partial charge in [-0.2, -0.15) is 5.10 Å². The molecule has 2 atom stereocenters. The maximum Gasteiger partial charge on any atom is 0.0863 e. The first-order valence-electron chi connectivity index (χ1n) is 7.03. The molecule has 5 heteroatoms. The molecule has 19 heavy (non-hydrogen) atoms. The highest BCUT2D eigenvalue weighted by Crippen LogP contribution is 2.44. The van der Waals surface area contributed by atoms with Crippen LogP contribution in [0.2, 0.25) is 5.02 Å². The number of alkyl halides is 1. The molecule has 1 saturated carbocycles. The van der Waals surface area contributed by atoms with Crippen molar-refractivity contribution >= 4 is 23.2 Å². The molecular weight excluding hydrogens is 281 g/mol. The Morgan fingerprint density at radius 1 is 1.42 bits per heavy atom. The van der Waals surface area contributed by atoms with Crippen molar-refractivity contribution in [1.29, 1.82) is 0 Å². The Hall–Kier alpha value is -0.250. The average Bonchev–Trinajstić information content (AvgIpc) is 2.70. The van der Waals surface area contributed by atoms with Crippen LogP contribution < -0.4 is 5.32 Å². The molecular formula is C14H23Cl2N3. The molecule has 1 heterocycles. The zero-order valence-electron chi connectivity index (χ0n) is 12.1. The van der Waals surface area contributed by atoms with E-state index < -0.39 is 0 Å². The first kappa shape index (κ1) is 15.1. The molecule has 1 aliphatic carbocycles. The van der Waals surface area contributed by atoms with Gasteiger partial charge in [0.2, 0.25) is 0 Å². The maximum atomic E-state index is 6.40. The molecule has 3 nitrogen and oxygen atoms in total. The number of nitrogens with one attached hydrogen (secondary N) is 1. The van der Waals surface area contributed by atoms with Crippen molar-refractivity contribution in [2.75, 3.05) is 0 Å². The van der Waals surface area contributed by atoms with Crippen LogP contribution in [0.1, 0.15) is 45.5 Å². The van der Waals surface area contributed by atoms with Gasteiger partial charge in [-0.15, -0.1) is 11.6 Å². The lowest BCUT2D eigenvalue weighted by Crippen LogP contribution is -2.57. The highest BCUT2D eigenvalue weighted by Gasteiger charge is 2.46. The molecule has 108 valence electrons. The molecule has 0 aliphatic heterocycles. The molecule has 0 radical (unpaired) electrons. The monoisotopic (exact) mass is 303 g/mol. The van der Waals surface area contributed by atoms with E-state index >= 15 is 0 Å². The molecule has 2 rings (SSSR count). The first-order valence-corrected chi connectivity index (χ1v) is 7.84. The highest BCUT2D eigenvalue weighted by atomic mass is 35.5. The summed E-state index contributed by atoms with van der Waals surface area (Å²) in [7, 11) is 0. The Morgan fingerprint density at radius 2 is 2.11 bits per heavy atom. The van der Waals surface area contributed by atoms with Gasteiger partial charge in [-0.1, -0.05) is 32.4 Å². The summed E-state index contributed by atoms with van der Waals surface area (Å²) in [5, 5.41) is 9.20. The Kier molecular flexibility index (Phi) is 4.49. The van der Waals surface area contributed by atoms with Crippen LogP contribution in [0.25, 0.3) is 0 Å². The lowest BCUT2D eigenvalue weighted by atomic mass is 9.67. The number of hydrogen-bond acceptors (Lipinski definition) is 2. The van der Waals surface area contributed by atoms with Crippen molar-refractivity contribution in [3.8, 4) is 0 Å². The van der Waals surface area contributed by atoms with Crippen molar-refractivity contribution in [3.05, 3.63) is 16.4 Å². The Bertz CT molecular complexity index is 454. The minimum Gasteiger partial charge on any atom is -0.308 e. The summed E-state index contributed by atoms with van der Waals surface area (Å²) in [6, 6.07) is 0.455. The van der Waals surface area contributed by atoms with Crippen molar-refractivity contribution < 1.29 is 0 Å². The largest absolute Gasteiger partial charge is 0.308 e. The van der Waals surface area contributed by atoms with Crippen LogP contribution in [0, 0.1) is 5.41 Å². The molecule has 2 unspecified atom stereocenters. The van der Waals surface area contributed by atoms with Crippen LogP contribution in [0.3, 0.4) is 0 Å². The van der Waals surface area contributed by atoms with Gasteiger partial charge >= 0.3 is 0 Å². The summed E-state index contributed by atoms with van der Waals surface area (Å²) in [5.74, 6) is 0. The number of hydrogen-bond donors (Lipinski definition) is 1. The zero-order valence-corrected chi connectivity index (χ0v) is 13.6. The van der Waals surface area contributed by atoms with E-state index in [-0.39, 0.29) is 10.8 Å². The van der Waals surface area contributed by atoms with Crippen LogP contribution in [0.5, 0.6) is 0 Å². The first-order chi connectivity index (χ1) is 8.91. The maximum absolute atomic E-state index is 6.40. The molecule has 0 saturated heterocycles. The molecule has 1 aliphatic rings. The van der Waals surface area contributed by atoms with E-state index in [1.165, 1.54) is 0 Å². The standard InChI is InChI=1S/C14H23Cl2N3/c1-5-9-13(16)10(19(6-2)18-9)8-17-12-7-11(15)14(12,3)4/h11-12,17H,5-8H2,1-4H3. The van der Waals surface area contributed by atoms with E-state index in [0.717, 1.165) is 42.3 Å². The fourth-order valence-electron chi connectivity index (χ4n) is 2.62. The third-order valence-corrected chi connectivity index (χ3v) is 5.54. The average molecular weight is 304 g/mol. The Morgan fingerprint density at radius 3 is 2.58 bits per heavy atom. The van der Waals surface area contributed by atoms with Gasteiger partial charge in [0.05, 0.1) is 16.4 Å². The third-order valence-electron chi connectivity index (χ3n) is 4.36. The molecule has 1 aromatic heterocycles. The second-order valence-electron chi connectivity index (χ2n) is 5.83. The van der Waals surface area contributed by atoms with Gasteiger partial charge in [-0.05, 0) is 25.2 Å². The smallest absolute Gasteiger partial charge is 0.0863 e. The normalized spacial score (nSPS) is 25.4. The third kappa shape index (κ3) is 2.65. The number of aryl methyl sites for hydroxylation is 2. The minimum absolute atomic E-state index is 0.151. The van der Waals surface area contributed by atoms with Crippen molar-refractivity contribution in [3.63, 3.8) is 0 Å². The topological polar surface area (TPSA) is 29.9 Å². The predicted molar refractivity (Wildman–Crippen MR) is 81.0 cm³/mol. The molecule has 0 amide bonds. The summed E-state index contributed by atoms with van der Waals surface area (Å²) < 4.78 is 2.00. The SMILES string of the molecule is CCc1nn(CC)c(CNC2CC(Cl)C2(C)C)c1Cl.